The lowest BCUT2D eigenvalue weighted by atomic mass is 9.94. The average Bonchev–Trinajstić information content (AvgIpc) is 2.40. The fourth-order valence-corrected chi connectivity index (χ4v) is 2.36. The predicted molar refractivity (Wildman–Crippen MR) is 70.4 cm³/mol. The summed E-state index contributed by atoms with van der Waals surface area (Å²) in [4.78, 5) is 26.5. The van der Waals surface area contributed by atoms with Crippen molar-refractivity contribution >= 4 is 12.0 Å². The number of rotatable bonds is 2. The fraction of sp³-hybridized carbons (Fsp3) is 0.286. The van der Waals surface area contributed by atoms with E-state index in [1.54, 1.807) is 21.0 Å². The molecule has 0 spiro atoms. The van der Waals surface area contributed by atoms with Gasteiger partial charge in [0.05, 0.1) is 11.6 Å². The van der Waals surface area contributed by atoms with Crippen LogP contribution in [0.5, 0.6) is 0 Å². The van der Waals surface area contributed by atoms with Crippen LogP contribution in [-0.2, 0) is 4.79 Å². The Kier molecular flexibility index (Phi) is 3.29. The van der Waals surface area contributed by atoms with Gasteiger partial charge in [-0.05, 0) is 12.5 Å². The zero-order valence-electron chi connectivity index (χ0n) is 11.1. The molecule has 0 aromatic heterocycles. The number of carbonyl (C=O) groups excluding carboxylic acids is 1. The molecule has 1 atom stereocenters. The Morgan fingerprint density at radius 2 is 1.79 bits per heavy atom. The van der Waals surface area contributed by atoms with Gasteiger partial charge in [0.15, 0.2) is 0 Å². The van der Waals surface area contributed by atoms with Crippen LogP contribution in [-0.4, -0.2) is 41.0 Å². The summed E-state index contributed by atoms with van der Waals surface area (Å²) >= 11 is 0. The first-order chi connectivity index (χ1) is 8.95. The standard InChI is InChI=1S/C14H16N2O3/c1-9-11(13(17)18)12(10-7-5-4-6-8-10)16(3)14(19)15(9)2/h4-8,12H,1-3H3,(H,17,18)/t12-/m1/s1. The number of hydrogen-bond acceptors (Lipinski definition) is 2. The second-order valence-electron chi connectivity index (χ2n) is 4.57. The highest BCUT2D eigenvalue weighted by Gasteiger charge is 2.38. The summed E-state index contributed by atoms with van der Waals surface area (Å²) in [5.41, 5.74) is 1.50. The van der Waals surface area contributed by atoms with Crippen molar-refractivity contribution in [2.24, 2.45) is 0 Å². The van der Waals surface area contributed by atoms with Crippen LogP contribution in [0.4, 0.5) is 4.79 Å². The minimum Gasteiger partial charge on any atom is -0.478 e. The summed E-state index contributed by atoms with van der Waals surface area (Å²) < 4.78 is 0. The number of carboxylic acid groups (broad SMARTS) is 1. The highest BCUT2D eigenvalue weighted by atomic mass is 16.4. The number of allylic oxidation sites excluding steroid dienone is 1. The molecule has 5 heteroatoms. The summed E-state index contributed by atoms with van der Waals surface area (Å²) in [5.74, 6) is -1.00. The van der Waals surface area contributed by atoms with Gasteiger partial charge in [-0.15, -0.1) is 0 Å². The van der Waals surface area contributed by atoms with Gasteiger partial charge < -0.3 is 14.9 Å². The minimum absolute atomic E-state index is 0.212. The number of aliphatic carboxylic acids is 1. The van der Waals surface area contributed by atoms with Crippen LogP contribution in [0, 0.1) is 0 Å². The molecule has 19 heavy (non-hydrogen) atoms. The van der Waals surface area contributed by atoms with Gasteiger partial charge in [-0.25, -0.2) is 9.59 Å². The molecule has 1 aromatic rings. The molecule has 2 amide bonds. The van der Waals surface area contributed by atoms with Gasteiger partial charge in [0.25, 0.3) is 0 Å². The van der Waals surface area contributed by atoms with E-state index in [4.69, 9.17) is 0 Å². The van der Waals surface area contributed by atoms with Crippen molar-refractivity contribution in [1.29, 1.82) is 0 Å². The minimum atomic E-state index is -1.00. The lowest BCUT2D eigenvalue weighted by Crippen LogP contribution is -2.47. The molecule has 2 rings (SSSR count). The molecule has 0 bridgehead atoms. The molecule has 1 aliphatic heterocycles. The average molecular weight is 260 g/mol. The van der Waals surface area contributed by atoms with Crippen LogP contribution in [0.15, 0.2) is 41.6 Å². The van der Waals surface area contributed by atoms with Crippen LogP contribution in [0.3, 0.4) is 0 Å². The van der Waals surface area contributed by atoms with Gasteiger partial charge in [0.1, 0.15) is 0 Å². The number of amides is 2. The monoisotopic (exact) mass is 260 g/mol. The summed E-state index contributed by atoms with van der Waals surface area (Å²) in [6.07, 6.45) is 0. The Labute approximate surface area is 111 Å². The summed E-state index contributed by atoms with van der Waals surface area (Å²) in [6, 6.07) is 8.42. The zero-order valence-corrected chi connectivity index (χ0v) is 11.1. The van der Waals surface area contributed by atoms with Gasteiger partial charge in [0, 0.05) is 19.8 Å². The Morgan fingerprint density at radius 3 is 2.32 bits per heavy atom. The smallest absolute Gasteiger partial charge is 0.335 e. The van der Waals surface area contributed by atoms with Crippen molar-refractivity contribution in [2.45, 2.75) is 13.0 Å². The van der Waals surface area contributed by atoms with Gasteiger partial charge in [0.2, 0.25) is 0 Å². The van der Waals surface area contributed by atoms with Crippen molar-refractivity contribution in [1.82, 2.24) is 9.80 Å². The molecule has 0 saturated heterocycles. The zero-order chi connectivity index (χ0) is 14.2. The molecule has 1 heterocycles. The van der Waals surface area contributed by atoms with E-state index < -0.39 is 12.0 Å². The topological polar surface area (TPSA) is 60.9 Å². The van der Waals surface area contributed by atoms with Crippen molar-refractivity contribution in [2.75, 3.05) is 14.1 Å². The maximum atomic E-state index is 12.1. The van der Waals surface area contributed by atoms with Gasteiger partial charge in [-0.2, -0.15) is 0 Å². The number of carbonyl (C=O) groups is 2. The number of carboxylic acids is 1. The Hall–Kier alpha value is -2.30. The van der Waals surface area contributed by atoms with Crippen LogP contribution in [0.1, 0.15) is 18.5 Å². The Bertz CT molecular complexity index is 551. The summed E-state index contributed by atoms with van der Waals surface area (Å²) in [6.45, 7) is 1.66. The molecule has 1 N–H and O–H groups in total. The van der Waals surface area contributed by atoms with Crippen LogP contribution < -0.4 is 0 Å². The molecular weight excluding hydrogens is 244 g/mol. The first-order valence-electron chi connectivity index (χ1n) is 5.94. The molecule has 1 aliphatic rings. The number of hydrogen-bond donors (Lipinski definition) is 1. The van der Waals surface area contributed by atoms with E-state index in [1.807, 2.05) is 30.3 Å². The first kappa shape index (κ1) is 13.1. The second-order valence-corrected chi connectivity index (χ2v) is 4.57. The summed E-state index contributed by atoms with van der Waals surface area (Å²) in [7, 11) is 3.20. The predicted octanol–water partition coefficient (Wildman–Crippen LogP) is 2.08. The molecule has 0 saturated carbocycles. The van der Waals surface area contributed by atoms with E-state index >= 15 is 0 Å². The van der Waals surface area contributed by atoms with E-state index in [1.165, 1.54) is 9.80 Å². The van der Waals surface area contributed by atoms with E-state index in [0.29, 0.717) is 5.70 Å². The van der Waals surface area contributed by atoms with Crippen LogP contribution in [0.2, 0.25) is 0 Å². The van der Waals surface area contributed by atoms with Crippen LogP contribution >= 0.6 is 0 Å². The summed E-state index contributed by atoms with van der Waals surface area (Å²) in [5, 5.41) is 9.44. The molecule has 100 valence electrons. The normalized spacial score (nSPS) is 19.9. The Balaban J connectivity index is 2.62. The number of nitrogens with zero attached hydrogens (tertiary/aromatic N) is 2. The molecule has 5 nitrogen and oxygen atoms in total. The van der Waals surface area contributed by atoms with Crippen molar-refractivity contribution in [3.63, 3.8) is 0 Å². The van der Waals surface area contributed by atoms with E-state index in [0.717, 1.165) is 5.56 Å². The first-order valence-corrected chi connectivity index (χ1v) is 5.94. The van der Waals surface area contributed by atoms with Gasteiger partial charge in [-0.3, -0.25) is 0 Å². The second kappa shape index (κ2) is 4.76. The molecular formula is C14H16N2O3. The number of likely N-dealkylation sites (N-methyl/N-ethyl adjacent to an activating group) is 1. The maximum absolute atomic E-state index is 12.1. The highest BCUT2D eigenvalue weighted by Crippen LogP contribution is 2.35. The molecule has 0 aliphatic carbocycles. The molecule has 0 radical (unpaired) electrons. The highest BCUT2D eigenvalue weighted by molar-refractivity contribution is 5.93. The number of urea groups is 1. The molecule has 0 fully saturated rings. The van der Waals surface area contributed by atoms with Crippen molar-refractivity contribution in [3.8, 4) is 0 Å². The lowest BCUT2D eigenvalue weighted by molar-refractivity contribution is -0.133. The van der Waals surface area contributed by atoms with E-state index in [-0.39, 0.29) is 11.6 Å². The van der Waals surface area contributed by atoms with Gasteiger partial charge in [-0.1, -0.05) is 30.3 Å². The van der Waals surface area contributed by atoms with Gasteiger partial charge >= 0.3 is 12.0 Å². The number of benzene rings is 1. The Morgan fingerprint density at radius 1 is 1.21 bits per heavy atom. The molecule has 0 unspecified atom stereocenters. The SMILES string of the molecule is CC1=C(C(=O)O)[C@@H](c2ccccc2)N(C)C(=O)N1C. The third-order valence-corrected chi connectivity index (χ3v) is 3.49. The maximum Gasteiger partial charge on any atom is 0.335 e. The quantitative estimate of drug-likeness (QED) is 0.885. The van der Waals surface area contributed by atoms with Crippen molar-refractivity contribution in [3.05, 3.63) is 47.2 Å². The van der Waals surface area contributed by atoms with Crippen LogP contribution in [0.25, 0.3) is 0 Å². The van der Waals surface area contributed by atoms with Crippen molar-refractivity contribution < 1.29 is 14.7 Å². The largest absolute Gasteiger partial charge is 0.478 e. The fourth-order valence-electron chi connectivity index (χ4n) is 2.36. The lowest BCUT2D eigenvalue weighted by Gasteiger charge is -2.39. The van der Waals surface area contributed by atoms with E-state index in [2.05, 4.69) is 0 Å². The third kappa shape index (κ3) is 2.07. The third-order valence-electron chi connectivity index (χ3n) is 3.49. The van der Waals surface area contributed by atoms with E-state index in [9.17, 15) is 14.7 Å². The molecule has 1 aromatic carbocycles.